The standard InChI is InChI=1S/C15H16ClNO3S/c1-20-13-5-4-10(7-11(13)16)9-17-12(8-15(18)19)14-3-2-6-21-14/h2-7,12,17H,8-9H2,1H3,(H,18,19). The third-order valence-corrected chi connectivity index (χ3v) is 4.32. The molecule has 1 atom stereocenters. The molecule has 6 heteroatoms. The molecule has 0 aliphatic rings. The minimum absolute atomic E-state index is 0.0460. The number of benzene rings is 1. The maximum Gasteiger partial charge on any atom is 0.305 e. The molecule has 0 aliphatic carbocycles. The molecule has 2 rings (SSSR count). The normalized spacial score (nSPS) is 12.1. The van der Waals surface area contributed by atoms with Crippen molar-refractivity contribution in [1.29, 1.82) is 0 Å². The fourth-order valence-corrected chi connectivity index (χ4v) is 3.08. The summed E-state index contributed by atoms with van der Waals surface area (Å²) >= 11 is 7.63. The first-order valence-corrected chi connectivity index (χ1v) is 7.67. The maximum absolute atomic E-state index is 11.0. The molecule has 1 heterocycles. The topological polar surface area (TPSA) is 58.6 Å². The third-order valence-electron chi connectivity index (χ3n) is 3.03. The van der Waals surface area contributed by atoms with Crippen LogP contribution in [0, 0.1) is 0 Å². The van der Waals surface area contributed by atoms with Crippen LogP contribution in [-0.2, 0) is 11.3 Å². The van der Waals surface area contributed by atoms with Gasteiger partial charge in [0.1, 0.15) is 5.75 Å². The van der Waals surface area contributed by atoms with E-state index in [-0.39, 0.29) is 12.5 Å². The minimum atomic E-state index is -0.825. The Labute approximate surface area is 132 Å². The van der Waals surface area contributed by atoms with E-state index in [1.165, 1.54) is 0 Å². The van der Waals surface area contributed by atoms with E-state index in [1.54, 1.807) is 24.5 Å². The first-order valence-electron chi connectivity index (χ1n) is 6.41. The van der Waals surface area contributed by atoms with Gasteiger partial charge >= 0.3 is 5.97 Å². The number of rotatable bonds is 7. The molecule has 112 valence electrons. The van der Waals surface area contributed by atoms with Gasteiger partial charge in [-0.15, -0.1) is 11.3 Å². The van der Waals surface area contributed by atoms with Crippen molar-refractivity contribution < 1.29 is 14.6 Å². The Morgan fingerprint density at radius 1 is 1.48 bits per heavy atom. The molecule has 1 unspecified atom stereocenters. The molecule has 0 amide bonds. The predicted molar refractivity (Wildman–Crippen MR) is 84.2 cm³/mol. The van der Waals surface area contributed by atoms with Crippen molar-refractivity contribution in [2.45, 2.75) is 19.0 Å². The Bertz CT molecular complexity index is 601. The number of nitrogens with one attached hydrogen (secondary N) is 1. The molecule has 0 fully saturated rings. The van der Waals surface area contributed by atoms with E-state index >= 15 is 0 Å². The molecule has 4 nitrogen and oxygen atoms in total. The average molecular weight is 326 g/mol. The number of carboxylic acids is 1. The lowest BCUT2D eigenvalue weighted by Gasteiger charge is -2.16. The Kier molecular flexibility index (Phi) is 5.61. The van der Waals surface area contributed by atoms with Gasteiger partial charge in [0.05, 0.1) is 24.6 Å². The Morgan fingerprint density at radius 2 is 2.29 bits per heavy atom. The molecular weight excluding hydrogens is 310 g/mol. The van der Waals surface area contributed by atoms with E-state index in [0.717, 1.165) is 10.4 Å². The van der Waals surface area contributed by atoms with E-state index < -0.39 is 5.97 Å². The van der Waals surface area contributed by atoms with Crippen molar-refractivity contribution >= 4 is 28.9 Å². The molecule has 0 aliphatic heterocycles. The van der Waals surface area contributed by atoms with Crippen LogP contribution in [0.1, 0.15) is 22.9 Å². The van der Waals surface area contributed by atoms with Gasteiger partial charge in [-0.25, -0.2) is 0 Å². The average Bonchev–Trinajstić information content (AvgIpc) is 2.97. The van der Waals surface area contributed by atoms with Crippen LogP contribution in [0.2, 0.25) is 5.02 Å². The summed E-state index contributed by atoms with van der Waals surface area (Å²) in [5.74, 6) is -0.200. The van der Waals surface area contributed by atoms with Crippen LogP contribution in [-0.4, -0.2) is 18.2 Å². The molecule has 1 aromatic heterocycles. The zero-order chi connectivity index (χ0) is 15.2. The summed E-state index contributed by atoms with van der Waals surface area (Å²) in [4.78, 5) is 12.0. The van der Waals surface area contributed by atoms with Crippen molar-refractivity contribution in [2.75, 3.05) is 7.11 Å². The van der Waals surface area contributed by atoms with Gasteiger partial charge in [0.2, 0.25) is 0 Å². The number of carboxylic acid groups (broad SMARTS) is 1. The van der Waals surface area contributed by atoms with E-state index in [2.05, 4.69) is 5.32 Å². The molecule has 0 saturated heterocycles. The van der Waals surface area contributed by atoms with Crippen molar-refractivity contribution in [3.63, 3.8) is 0 Å². The number of hydrogen-bond donors (Lipinski definition) is 2. The number of ether oxygens (including phenoxy) is 1. The smallest absolute Gasteiger partial charge is 0.305 e. The summed E-state index contributed by atoms with van der Waals surface area (Å²) in [6.45, 7) is 0.541. The van der Waals surface area contributed by atoms with Crippen LogP contribution in [0.4, 0.5) is 0 Å². The first kappa shape index (κ1) is 15.8. The quantitative estimate of drug-likeness (QED) is 0.814. The number of hydrogen-bond acceptors (Lipinski definition) is 4. The van der Waals surface area contributed by atoms with Gasteiger partial charge in [0.25, 0.3) is 0 Å². The molecule has 2 N–H and O–H groups in total. The largest absolute Gasteiger partial charge is 0.495 e. The molecule has 0 spiro atoms. The molecule has 2 aromatic rings. The molecular formula is C15H16ClNO3S. The second-order valence-corrected chi connectivity index (χ2v) is 5.90. The first-order chi connectivity index (χ1) is 10.1. The highest BCUT2D eigenvalue weighted by Crippen LogP contribution is 2.26. The van der Waals surface area contributed by atoms with E-state index in [0.29, 0.717) is 17.3 Å². The zero-order valence-corrected chi connectivity index (χ0v) is 13.1. The summed E-state index contributed by atoms with van der Waals surface area (Å²) in [6, 6.07) is 9.18. The van der Waals surface area contributed by atoms with Crippen LogP contribution >= 0.6 is 22.9 Å². The van der Waals surface area contributed by atoms with Crippen molar-refractivity contribution in [3.05, 3.63) is 51.2 Å². The van der Waals surface area contributed by atoms with E-state index in [9.17, 15) is 4.79 Å². The number of methoxy groups -OCH3 is 1. The summed E-state index contributed by atoms with van der Waals surface area (Å²) in [7, 11) is 1.57. The monoisotopic (exact) mass is 325 g/mol. The van der Waals surface area contributed by atoms with Gasteiger partial charge in [0, 0.05) is 11.4 Å². The van der Waals surface area contributed by atoms with Crippen molar-refractivity contribution in [3.8, 4) is 5.75 Å². The van der Waals surface area contributed by atoms with E-state index in [4.69, 9.17) is 21.4 Å². The lowest BCUT2D eigenvalue weighted by atomic mass is 10.1. The lowest BCUT2D eigenvalue weighted by Crippen LogP contribution is -2.22. The number of halogens is 1. The van der Waals surface area contributed by atoms with Crippen LogP contribution in [0.5, 0.6) is 5.75 Å². The van der Waals surface area contributed by atoms with Crippen molar-refractivity contribution in [2.24, 2.45) is 0 Å². The number of thiophene rings is 1. The number of aliphatic carboxylic acids is 1. The van der Waals surface area contributed by atoms with Crippen molar-refractivity contribution in [1.82, 2.24) is 5.32 Å². The van der Waals surface area contributed by atoms with Crippen LogP contribution in [0.3, 0.4) is 0 Å². The maximum atomic E-state index is 11.0. The van der Waals surface area contributed by atoms with Gasteiger partial charge in [-0.3, -0.25) is 4.79 Å². The summed E-state index contributed by atoms with van der Waals surface area (Å²) in [6.07, 6.45) is 0.0460. The van der Waals surface area contributed by atoms with Gasteiger partial charge in [0.15, 0.2) is 0 Å². The predicted octanol–water partition coefficient (Wildman–Crippen LogP) is 3.72. The highest BCUT2D eigenvalue weighted by atomic mass is 35.5. The molecule has 0 saturated carbocycles. The van der Waals surface area contributed by atoms with Gasteiger partial charge in [-0.2, -0.15) is 0 Å². The van der Waals surface area contributed by atoms with Gasteiger partial charge in [-0.1, -0.05) is 23.7 Å². The second-order valence-electron chi connectivity index (χ2n) is 4.52. The Hall–Kier alpha value is -1.56. The molecule has 0 bridgehead atoms. The molecule has 1 aromatic carbocycles. The highest BCUT2D eigenvalue weighted by molar-refractivity contribution is 7.10. The van der Waals surface area contributed by atoms with Crippen LogP contribution in [0.25, 0.3) is 0 Å². The fourth-order valence-electron chi connectivity index (χ4n) is 2.00. The second kappa shape index (κ2) is 7.45. The third kappa shape index (κ3) is 4.46. The summed E-state index contributed by atoms with van der Waals surface area (Å²) in [5.41, 5.74) is 0.979. The van der Waals surface area contributed by atoms with Crippen LogP contribution < -0.4 is 10.1 Å². The van der Waals surface area contributed by atoms with E-state index in [1.807, 2.05) is 29.6 Å². The highest BCUT2D eigenvalue weighted by Gasteiger charge is 2.16. The molecule has 0 radical (unpaired) electrons. The van der Waals surface area contributed by atoms with Gasteiger partial charge in [-0.05, 0) is 29.1 Å². The summed E-state index contributed by atoms with van der Waals surface area (Å²) < 4.78 is 5.11. The molecule has 21 heavy (non-hydrogen) atoms. The minimum Gasteiger partial charge on any atom is -0.495 e. The lowest BCUT2D eigenvalue weighted by molar-refractivity contribution is -0.137. The zero-order valence-electron chi connectivity index (χ0n) is 11.5. The summed E-state index contributed by atoms with van der Waals surface area (Å²) in [5, 5.41) is 14.8. The Balaban J connectivity index is 2.04. The Morgan fingerprint density at radius 3 is 2.86 bits per heavy atom. The number of carbonyl (C=O) groups is 1. The van der Waals surface area contributed by atoms with Gasteiger partial charge < -0.3 is 15.2 Å². The fraction of sp³-hybridized carbons (Fsp3) is 0.267. The SMILES string of the molecule is COc1ccc(CNC(CC(=O)O)c2cccs2)cc1Cl. The van der Waals surface area contributed by atoms with Crippen LogP contribution in [0.15, 0.2) is 35.7 Å².